The van der Waals surface area contributed by atoms with Crippen molar-refractivity contribution >= 4 is 23.5 Å². The molecule has 5 nitrogen and oxygen atoms in total. The molecule has 0 aliphatic carbocycles. The summed E-state index contributed by atoms with van der Waals surface area (Å²) >= 11 is 4.89. The summed E-state index contributed by atoms with van der Waals surface area (Å²) in [6.07, 6.45) is 0.407. The lowest BCUT2D eigenvalue weighted by Gasteiger charge is -1.83. The van der Waals surface area contributed by atoms with Crippen LogP contribution in [0.4, 0.5) is 0 Å². The van der Waals surface area contributed by atoms with Crippen LogP contribution in [0.3, 0.4) is 0 Å². The number of hydrogen-bond acceptors (Lipinski definition) is 3. The summed E-state index contributed by atoms with van der Waals surface area (Å²) in [7, 11) is 0. The largest absolute Gasteiger partial charge is 0.478 e. The van der Waals surface area contributed by atoms with Crippen molar-refractivity contribution in [2.75, 3.05) is 0 Å². The molecule has 0 saturated carbocycles. The molecule has 0 radical (unpaired) electrons. The Morgan fingerprint density at radius 1 is 1.30 bits per heavy atom. The Bertz CT molecular complexity index is 176. The van der Waals surface area contributed by atoms with Gasteiger partial charge in [0.1, 0.15) is 5.03 Å². The molecular formula is C4H6ClNO4. The zero-order valence-electron chi connectivity index (χ0n) is 4.87. The van der Waals surface area contributed by atoms with Gasteiger partial charge in [0.2, 0.25) is 0 Å². The van der Waals surface area contributed by atoms with E-state index in [1.54, 1.807) is 0 Å². The third kappa shape index (κ3) is 5.07. The fraction of sp³-hybridized carbons (Fsp3) is 0. The molecule has 0 aromatic rings. The van der Waals surface area contributed by atoms with Gasteiger partial charge in [-0.15, -0.1) is 0 Å². The Labute approximate surface area is 61.5 Å². The lowest BCUT2D eigenvalue weighted by molar-refractivity contribution is -0.134. The number of rotatable bonds is 2. The van der Waals surface area contributed by atoms with Gasteiger partial charge in [-0.25, -0.2) is 9.59 Å². The third-order valence-corrected chi connectivity index (χ3v) is 0.725. The van der Waals surface area contributed by atoms with E-state index in [1.807, 2.05) is 0 Å². The fourth-order valence-corrected chi connectivity index (χ4v) is 0.263. The molecule has 0 atom stereocenters. The molecule has 6 heteroatoms. The zero-order chi connectivity index (χ0) is 7.44. The second-order valence-corrected chi connectivity index (χ2v) is 1.54. The number of carbonyl (C=O) groups is 2. The van der Waals surface area contributed by atoms with Crippen molar-refractivity contribution in [1.82, 2.24) is 6.15 Å². The van der Waals surface area contributed by atoms with Gasteiger partial charge in [0, 0.05) is 6.08 Å². The van der Waals surface area contributed by atoms with E-state index in [1.165, 1.54) is 0 Å². The lowest BCUT2D eigenvalue weighted by atomic mass is 10.5. The Hall–Kier alpha value is -1.07. The van der Waals surface area contributed by atoms with Crippen molar-refractivity contribution in [3.05, 3.63) is 11.1 Å². The minimum atomic E-state index is -1.45. The molecule has 0 spiro atoms. The van der Waals surface area contributed by atoms with Crippen molar-refractivity contribution in [3.63, 3.8) is 0 Å². The molecule has 0 fully saturated rings. The molecule has 0 aliphatic rings. The Kier molecular flexibility index (Phi) is 5.58. The van der Waals surface area contributed by atoms with Crippen LogP contribution in [-0.4, -0.2) is 22.2 Å². The SMILES string of the molecule is N.O=C(O)/C=C(/Cl)C(=O)O. The summed E-state index contributed by atoms with van der Waals surface area (Å²) in [6.45, 7) is 0. The van der Waals surface area contributed by atoms with E-state index in [0.29, 0.717) is 6.08 Å². The number of aliphatic carboxylic acids is 2. The minimum absolute atomic E-state index is 0. The predicted octanol–water partition coefficient (Wildman–Crippen LogP) is 0.440. The molecule has 0 saturated heterocycles. The lowest BCUT2D eigenvalue weighted by Crippen LogP contribution is -1.97. The van der Waals surface area contributed by atoms with Crippen LogP contribution in [0.15, 0.2) is 11.1 Å². The number of hydrogen-bond donors (Lipinski definition) is 3. The standard InChI is InChI=1S/C4H3ClO4.H3N/c5-2(4(8)9)1-3(6)7;/h1H,(H,6,7)(H,8,9);1H3/b2-1+;. The van der Waals surface area contributed by atoms with E-state index in [2.05, 4.69) is 0 Å². The molecule has 0 amide bonds. The smallest absolute Gasteiger partial charge is 0.347 e. The van der Waals surface area contributed by atoms with Gasteiger partial charge in [0.15, 0.2) is 0 Å². The van der Waals surface area contributed by atoms with Crippen molar-refractivity contribution in [1.29, 1.82) is 0 Å². The van der Waals surface area contributed by atoms with E-state index in [0.717, 1.165) is 0 Å². The highest BCUT2D eigenvalue weighted by Gasteiger charge is 2.03. The first-order chi connectivity index (χ1) is 4.04. The number of carboxylic acids is 2. The van der Waals surface area contributed by atoms with Gasteiger partial charge in [0.05, 0.1) is 0 Å². The highest BCUT2D eigenvalue weighted by molar-refractivity contribution is 6.42. The van der Waals surface area contributed by atoms with Crippen LogP contribution in [0.5, 0.6) is 0 Å². The van der Waals surface area contributed by atoms with Crippen LogP contribution >= 0.6 is 11.6 Å². The number of carboxylic acid groups (broad SMARTS) is 2. The monoisotopic (exact) mass is 167 g/mol. The summed E-state index contributed by atoms with van der Waals surface area (Å²) in [5.74, 6) is -2.82. The van der Waals surface area contributed by atoms with Crippen molar-refractivity contribution in [2.45, 2.75) is 0 Å². The molecule has 0 aromatic heterocycles. The van der Waals surface area contributed by atoms with Crippen LogP contribution in [0.1, 0.15) is 0 Å². The topological polar surface area (TPSA) is 110 Å². The average Bonchev–Trinajstić information content (AvgIpc) is 1.63. The van der Waals surface area contributed by atoms with Crippen LogP contribution in [0, 0.1) is 0 Å². The molecular weight excluding hydrogens is 162 g/mol. The van der Waals surface area contributed by atoms with Gasteiger partial charge in [-0.1, -0.05) is 11.6 Å². The highest BCUT2D eigenvalue weighted by atomic mass is 35.5. The molecule has 0 aliphatic heterocycles. The normalized spacial score (nSPS) is 9.90. The summed E-state index contributed by atoms with van der Waals surface area (Å²) in [6, 6.07) is 0. The number of halogens is 1. The fourth-order valence-electron chi connectivity index (χ4n) is 0.170. The van der Waals surface area contributed by atoms with Crippen molar-refractivity contribution in [2.24, 2.45) is 0 Å². The van der Waals surface area contributed by atoms with Gasteiger partial charge in [-0.3, -0.25) is 0 Å². The van der Waals surface area contributed by atoms with Crippen LogP contribution < -0.4 is 6.15 Å². The zero-order valence-corrected chi connectivity index (χ0v) is 5.63. The second-order valence-electron chi connectivity index (χ2n) is 1.14. The quantitative estimate of drug-likeness (QED) is 0.517. The second kappa shape index (κ2) is 4.78. The van der Waals surface area contributed by atoms with Gasteiger partial charge in [-0.05, 0) is 0 Å². The van der Waals surface area contributed by atoms with Crippen LogP contribution in [-0.2, 0) is 9.59 Å². The van der Waals surface area contributed by atoms with E-state index in [-0.39, 0.29) is 6.15 Å². The van der Waals surface area contributed by atoms with Gasteiger partial charge < -0.3 is 16.4 Å². The van der Waals surface area contributed by atoms with Crippen LogP contribution in [0.25, 0.3) is 0 Å². The Balaban J connectivity index is 0. The summed E-state index contributed by atoms with van der Waals surface area (Å²) in [5, 5.41) is 15.2. The van der Waals surface area contributed by atoms with Gasteiger partial charge >= 0.3 is 11.9 Å². The van der Waals surface area contributed by atoms with Crippen molar-refractivity contribution in [3.8, 4) is 0 Å². The van der Waals surface area contributed by atoms with Crippen LogP contribution in [0.2, 0.25) is 0 Å². The van der Waals surface area contributed by atoms with Crippen molar-refractivity contribution < 1.29 is 19.8 Å². The van der Waals surface area contributed by atoms with E-state index >= 15 is 0 Å². The first kappa shape index (κ1) is 11.7. The maximum Gasteiger partial charge on any atom is 0.347 e. The predicted molar refractivity (Wildman–Crippen MR) is 34.2 cm³/mol. The van der Waals surface area contributed by atoms with E-state index in [9.17, 15) is 9.59 Å². The molecule has 0 bridgehead atoms. The van der Waals surface area contributed by atoms with E-state index in [4.69, 9.17) is 21.8 Å². The first-order valence-corrected chi connectivity index (χ1v) is 2.25. The Morgan fingerprint density at radius 3 is 1.80 bits per heavy atom. The van der Waals surface area contributed by atoms with Gasteiger partial charge in [0.25, 0.3) is 0 Å². The molecule has 0 heterocycles. The third-order valence-electron chi connectivity index (χ3n) is 0.455. The molecule has 10 heavy (non-hydrogen) atoms. The molecule has 58 valence electrons. The first-order valence-electron chi connectivity index (χ1n) is 1.87. The Morgan fingerprint density at radius 2 is 1.70 bits per heavy atom. The van der Waals surface area contributed by atoms with Gasteiger partial charge in [-0.2, -0.15) is 0 Å². The molecule has 0 unspecified atom stereocenters. The maximum atomic E-state index is 9.77. The highest BCUT2D eigenvalue weighted by Crippen LogP contribution is 1.98. The van der Waals surface area contributed by atoms with E-state index < -0.39 is 17.0 Å². The summed E-state index contributed by atoms with van der Waals surface area (Å²) < 4.78 is 0. The summed E-state index contributed by atoms with van der Waals surface area (Å²) in [4.78, 5) is 19.5. The minimum Gasteiger partial charge on any atom is -0.478 e. The average molecular weight is 168 g/mol. The molecule has 5 N–H and O–H groups in total. The molecule has 0 rings (SSSR count). The summed E-state index contributed by atoms with van der Waals surface area (Å²) in [5.41, 5.74) is 0. The maximum absolute atomic E-state index is 9.77. The molecule has 0 aromatic carbocycles.